The van der Waals surface area contributed by atoms with Gasteiger partial charge >= 0.3 is 0 Å². The van der Waals surface area contributed by atoms with Gasteiger partial charge in [0.2, 0.25) is 0 Å². The molecule has 2 rings (SSSR count). The molecule has 2 aromatic rings. The zero-order valence-electron chi connectivity index (χ0n) is 9.81. The summed E-state index contributed by atoms with van der Waals surface area (Å²) in [6.07, 6.45) is 0. The van der Waals surface area contributed by atoms with Gasteiger partial charge in [0.05, 0.1) is 0 Å². The fraction of sp³-hybridized carbons (Fsp3) is 0.143. The van der Waals surface area contributed by atoms with Crippen molar-refractivity contribution < 1.29 is 13.2 Å². The summed E-state index contributed by atoms with van der Waals surface area (Å²) in [6, 6.07) is 6.39. The Hall–Kier alpha value is -1.81. The van der Waals surface area contributed by atoms with Gasteiger partial charge in [-0.1, -0.05) is 6.07 Å². The number of benzene rings is 2. The smallest absolute Gasteiger partial charge is 0.133 e. The van der Waals surface area contributed by atoms with Crippen LogP contribution in [-0.2, 0) is 6.54 Å². The molecule has 2 N–H and O–H groups in total. The van der Waals surface area contributed by atoms with Gasteiger partial charge in [0.1, 0.15) is 17.5 Å². The Bertz CT molecular complexity index is 594. The predicted molar refractivity (Wildman–Crippen MR) is 64.4 cm³/mol. The molecule has 4 heteroatoms. The van der Waals surface area contributed by atoms with Crippen LogP contribution in [0.2, 0.25) is 0 Å². The Kier molecular flexibility index (Phi) is 3.39. The molecule has 1 nitrogen and oxygen atoms in total. The van der Waals surface area contributed by atoms with Gasteiger partial charge in [-0.3, -0.25) is 0 Å². The summed E-state index contributed by atoms with van der Waals surface area (Å²) in [5.74, 6) is -1.70. The van der Waals surface area contributed by atoms with E-state index in [2.05, 4.69) is 0 Å². The summed E-state index contributed by atoms with van der Waals surface area (Å²) < 4.78 is 40.1. The summed E-state index contributed by atoms with van der Waals surface area (Å²) >= 11 is 0. The SMILES string of the molecule is Cc1cc(-c2ccc(F)c(CN)c2)c(F)cc1F. The molecule has 0 saturated carbocycles. The Morgan fingerprint density at radius 3 is 2.33 bits per heavy atom. The lowest BCUT2D eigenvalue weighted by atomic mass is 10.00. The summed E-state index contributed by atoms with van der Waals surface area (Å²) in [6.45, 7) is 1.58. The van der Waals surface area contributed by atoms with Crippen molar-refractivity contribution in [1.29, 1.82) is 0 Å². The first-order chi connectivity index (χ1) is 8.52. The van der Waals surface area contributed by atoms with Crippen LogP contribution < -0.4 is 5.73 Å². The van der Waals surface area contributed by atoms with Crippen molar-refractivity contribution in [2.24, 2.45) is 5.73 Å². The molecular weight excluding hydrogens is 239 g/mol. The molecular formula is C14H12F3N. The van der Waals surface area contributed by atoms with Crippen molar-refractivity contribution in [1.82, 2.24) is 0 Å². The van der Waals surface area contributed by atoms with Gasteiger partial charge in [-0.05, 0) is 36.2 Å². The molecule has 0 fully saturated rings. The van der Waals surface area contributed by atoms with Crippen molar-refractivity contribution in [3.05, 3.63) is 58.9 Å². The Morgan fingerprint density at radius 2 is 1.67 bits per heavy atom. The molecule has 0 aliphatic carbocycles. The summed E-state index contributed by atoms with van der Waals surface area (Å²) in [7, 11) is 0. The lowest BCUT2D eigenvalue weighted by molar-refractivity contribution is 0.579. The van der Waals surface area contributed by atoms with E-state index in [4.69, 9.17) is 5.73 Å². The third-order valence-corrected chi connectivity index (χ3v) is 2.82. The number of hydrogen-bond acceptors (Lipinski definition) is 1. The highest BCUT2D eigenvalue weighted by atomic mass is 19.1. The van der Waals surface area contributed by atoms with Gasteiger partial charge in [-0.15, -0.1) is 0 Å². The number of halogens is 3. The quantitative estimate of drug-likeness (QED) is 0.868. The first-order valence-electron chi connectivity index (χ1n) is 5.47. The number of nitrogens with two attached hydrogens (primary N) is 1. The highest BCUT2D eigenvalue weighted by Gasteiger charge is 2.11. The molecule has 0 radical (unpaired) electrons. The van der Waals surface area contributed by atoms with Crippen molar-refractivity contribution >= 4 is 0 Å². The number of hydrogen-bond donors (Lipinski definition) is 1. The second-order valence-corrected chi connectivity index (χ2v) is 4.09. The van der Waals surface area contributed by atoms with Crippen LogP contribution in [0.1, 0.15) is 11.1 Å². The summed E-state index contributed by atoms with van der Waals surface area (Å²) in [4.78, 5) is 0. The normalized spacial score (nSPS) is 10.7. The molecule has 0 aliphatic heterocycles. The Labute approximate surface area is 103 Å². The maximum Gasteiger partial charge on any atom is 0.133 e. The van der Waals surface area contributed by atoms with E-state index in [9.17, 15) is 13.2 Å². The lowest BCUT2D eigenvalue weighted by Crippen LogP contribution is -2.00. The topological polar surface area (TPSA) is 26.0 Å². The first-order valence-corrected chi connectivity index (χ1v) is 5.47. The second-order valence-electron chi connectivity index (χ2n) is 4.09. The number of rotatable bonds is 2. The molecule has 0 heterocycles. The fourth-order valence-corrected chi connectivity index (χ4v) is 1.78. The van der Waals surface area contributed by atoms with Gasteiger partial charge in [0.25, 0.3) is 0 Å². The van der Waals surface area contributed by atoms with Gasteiger partial charge < -0.3 is 5.73 Å². The van der Waals surface area contributed by atoms with E-state index in [1.54, 1.807) is 6.92 Å². The third-order valence-electron chi connectivity index (χ3n) is 2.82. The molecule has 0 aliphatic rings. The molecule has 0 saturated heterocycles. The van der Waals surface area contributed by atoms with Crippen LogP contribution in [0.15, 0.2) is 30.3 Å². The predicted octanol–water partition coefficient (Wildman–Crippen LogP) is 3.54. The van der Waals surface area contributed by atoms with Crippen LogP contribution in [0.25, 0.3) is 11.1 Å². The van der Waals surface area contributed by atoms with Crippen LogP contribution in [-0.4, -0.2) is 0 Å². The maximum atomic E-state index is 13.7. The molecule has 0 bridgehead atoms. The summed E-state index contributed by atoms with van der Waals surface area (Å²) in [5, 5.41) is 0. The van der Waals surface area contributed by atoms with Crippen LogP contribution >= 0.6 is 0 Å². The zero-order chi connectivity index (χ0) is 13.3. The van der Waals surface area contributed by atoms with Crippen LogP contribution in [0.5, 0.6) is 0 Å². The monoisotopic (exact) mass is 251 g/mol. The zero-order valence-corrected chi connectivity index (χ0v) is 9.81. The van der Waals surface area contributed by atoms with Crippen molar-refractivity contribution in [3.63, 3.8) is 0 Å². The molecule has 18 heavy (non-hydrogen) atoms. The van der Waals surface area contributed by atoms with E-state index in [1.165, 1.54) is 24.3 Å². The Morgan fingerprint density at radius 1 is 0.944 bits per heavy atom. The lowest BCUT2D eigenvalue weighted by Gasteiger charge is -2.08. The van der Waals surface area contributed by atoms with E-state index >= 15 is 0 Å². The van der Waals surface area contributed by atoms with Gasteiger partial charge in [0.15, 0.2) is 0 Å². The molecule has 0 atom stereocenters. The maximum absolute atomic E-state index is 13.7. The van der Waals surface area contributed by atoms with Crippen molar-refractivity contribution in [2.45, 2.75) is 13.5 Å². The average molecular weight is 251 g/mol. The molecule has 0 aromatic heterocycles. The molecule has 0 amide bonds. The molecule has 94 valence electrons. The van der Waals surface area contributed by atoms with Gasteiger partial charge in [-0.2, -0.15) is 0 Å². The fourth-order valence-electron chi connectivity index (χ4n) is 1.78. The Balaban J connectivity index is 2.58. The van der Waals surface area contributed by atoms with Crippen LogP contribution in [0.3, 0.4) is 0 Å². The largest absolute Gasteiger partial charge is 0.326 e. The standard InChI is InChI=1S/C14H12F3N/c1-8-4-11(14(17)6-13(8)16)9-2-3-12(15)10(5-9)7-18/h2-6H,7,18H2,1H3. The van der Waals surface area contributed by atoms with E-state index in [-0.39, 0.29) is 12.1 Å². The van der Waals surface area contributed by atoms with E-state index < -0.39 is 17.5 Å². The number of aryl methyl sites for hydroxylation is 1. The highest BCUT2D eigenvalue weighted by molar-refractivity contribution is 5.65. The average Bonchev–Trinajstić information content (AvgIpc) is 2.35. The van der Waals surface area contributed by atoms with Gasteiger partial charge in [-0.25, -0.2) is 13.2 Å². The molecule has 2 aromatic carbocycles. The second kappa shape index (κ2) is 4.82. The highest BCUT2D eigenvalue weighted by Crippen LogP contribution is 2.27. The first kappa shape index (κ1) is 12.6. The van der Waals surface area contributed by atoms with Crippen molar-refractivity contribution in [3.8, 4) is 11.1 Å². The van der Waals surface area contributed by atoms with Gasteiger partial charge in [0, 0.05) is 23.7 Å². The van der Waals surface area contributed by atoms with Crippen LogP contribution in [0, 0.1) is 24.4 Å². The third kappa shape index (κ3) is 2.24. The van der Waals surface area contributed by atoms with E-state index in [1.807, 2.05) is 0 Å². The minimum Gasteiger partial charge on any atom is -0.326 e. The summed E-state index contributed by atoms with van der Waals surface area (Å²) in [5.41, 5.74) is 6.76. The van der Waals surface area contributed by atoms with E-state index in [0.717, 1.165) is 6.07 Å². The molecule has 0 unspecified atom stereocenters. The molecule has 0 spiro atoms. The van der Waals surface area contributed by atoms with Crippen molar-refractivity contribution in [2.75, 3.05) is 0 Å². The van der Waals surface area contributed by atoms with E-state index in [0.29, 0.717) is 16.7 Å². The minimum absolute atomic E-state index is 0.0292. The minimum atomic E-state index is -0.673. The van der Waals surface area contributed by atoms with Crippen LogP contribution in [0.4, 0.5) is 13.2 Å².